The van der Waals surface area contributed by atoms with E-state index in [1.54, 1.807) is 60.7 Å². The standard InChI is InChI=1S/C27H27N7O5.Na/c1-33-21-11-8-18(26(37)34(14-12-24(35)36)22-5-3-4-13-29-22)15-20(21)31-23(33)16-30-19-9-6-17(7-10-19)25(28)32-27(38)39-2;/h3-11,13,15,30H,12,14,16H2,1-2H3,(H,35,36)(H2,28,32,38);/q;+1/p-1. The zero-order valence-corrected chi connectivity index (χ0v) is 24.3. The van der Waals surface area contributed by atoms with E-state index in [2.05, 4.69) is 25.0 Å². The molecule has 40 heavy (non-hydrogen) atoms. The molecule has 0 spiro atoms. The summed E-state index contributed by atoms with van der Waals surface area (Å²) >= 11 is 0. The number of fused-ring (bicyclic) bond motifs is 1. The molecule has 2 heterocycles. The van der Waals surface area contributed by atoms with Gasteiger partial charge in [-0.05, 0) is 54.6 Å². The Hall–Kier alpha value is -4.26. The third-order valence-electron chi connectivity index (χ3n) is 5.95. The molecule has 4 rings (SSSR count). The van der Waals surface area contributed by atoms with Crippen molar-refractivity contribution in [3.63, 3.8) is 0 Å². The summed E-state index contributed by atoms with van der Waals surface area (Å²) in [6, 6.07) is 17.3. The van der Waals surface area contributed by atoms with Crippen molar-refractivity contribution in [2.75, 3.05) is 23.9 Å². The number of aliphatic imine (C=N–C) groups is 1. The van der Waals surface area contributed by atoms with Gasteiger partial charge in [-0.1, -0.05) is 6.07 Å². The van der Waals surface area contributed by atoms with Crippen LogP contribution in [-0.2, 0) is 23.1 Å². The summed E-state index contributed by atoms with van der Waals surface area (Å²) < 4.78 is 6.40. The maximum Gasteiger partial charge on any atom is 1.00 e. The number of aromatic nitrogens is 3. The minimum Gasteiger partial charge on any atom is -0.550 e. The van der Waals surface area contributed by atoms with Crippen LogP contribution in [-0.4, -0.2) is 52.0 Å². The number of benzene rings is 2. The molecule has 0 fully saturated rings. The maximum atomic E-state index is 13.3. The molecule has 4 aromatic rings. The van der Waals surface area contributed by atoms with Gasteiger partial charge in [0.1, 0.15) is 17.5 Å². The molecule has 200 valence electrons. The smallest absolute Gasteiger partial charge is 0.550 e. The van der Waals surface area contributed by atoms with E-state index >= 15 is 0 Å². The molecule has 0 saturated carbocycles. The van der Waals surface area contributed by atoms with Crippen molar-refractivity contribution < 1.29 is 53.8 Å². The van der Waals surface area contributed by atoms with Crippen LogP contribution in [0.3, 0.4) is 0 Å². The normalized spacial score (nSPS) is 11.0. The number of methoxy groups -OCH3 is 1. The number of nitrogens with one attached hydrogen (secondary N) is 1. The van der Waals surface area contributed by atoms with Gasteiger partial charge in [-0.3, -0.25) is 9.69 Å². The largest absolute Gasteiger partial charge is 1.00 e. The van der Waals surface area contributed by atoms with Crippen molar-refractivity contribution in [2.24, 2.45) is 17.8 Å². The van der Waals surface area contributed by atoms with E-state index in [4.69, 9.17) is 5.73 Å². The predicted octanol–water partition coefficient (Wildman–Crippen LogP) is -1.16. The van der Waals surface area contributed by atoms with Crippen molar-refractivity contribution in [3.05, 3.63) is 83.8 Å². The van der Waals surface area contributed by atoms with E-state index in [9.17, 15) is 19.5 Å². The minimum absolute atomic E-state index is 0. The number of nitrogens with two attached hydrogens (primary N) is 1. The van der Waals surface area contributed by atoms with Gasteiger partial charge in [0.25, 0.3) is 5.91 Å². The number of amidine groups is 1. The summed E-state index contributed by atoms with van der Waals surface area (Å²) in [7, 11) is 3.10. The number of hydrogen-bond donors (Lipinski definition) is 2. The molecule has 2 aromatic heterocycles. The molecule has 0 aliphatic carbocycles. The summed E-state index contributed by atoms with van der Waals surface area (Å²) in [6.07, 6.45) is 0.438. The third-order valence-corrected chi connectivity index (χ3v) is 5.95. The summed E-state index contributed by atoms with van der Waals surface area (Å²) in [5.74, 6) is -0.524. The Kier molecular flexibility index (Phi) is 10.4. The molecule has 2 amide bonds. The number of carbonyl (C=O) groups is 3. The van der Waals surface area contributed by atoms with Gasteiger partial charge in [-0.2, -0.15) is 4.99 Å². The molecule has 0 saturated heterocycles. The van der Waals surface area contributed by atoms with Gasteiger partial charge in [0.2, 0.25) is 0 Å². The minimum atomic E-state index is -1.26. The number of carboxylic acids is 1. The average molecular weight is 552 g/mol. The fourth-order valence-corrected chi connectivity index (χ4v) is 3.88. The molecular formula is C27H26N7NaO5. The Morgan fingerprint density at radius 1 is 1.10 bits per heavy atom. The molecule has 12 nitrogen and oxygen atoms in total. The van der Waals surface area contributed by atoms with Gasteiger partial charge in [-0.15, -0.1) is 0 Å². The summed E-state index contributed by atoms with van der Waals surface area (Å²) in [4.78, 5) is 49.5. The van der Waals surface area contributed by atoms with Gasteiger partial charge in [0, 0.05) is 49.0 Å². The Morgan fingerprint density at radius 3 is 2.48 bits per heavy atom. The predicted molar refractivity (Wildman–Crippen MR) is 143 cm³/mol. The number of aliphatic carboxylic acids is 1. The van der Waals surface area contributed by atoms with Crippen LogP contribution in [0, 0.1) is 0 Å². The van der Waals surface area contributed by atoms with Crippen LogP contribution >= 0.6 is 0 Å². The summed E-state index contributed by atoms with van der Waals surface area (Å²) in [6.45, 7) is 0.317. The molecule has 0 atom stereocenters. The van der Waals surface area contributed by atoms with Gasteiger partial charge in [0.15, 0.2) is 0 Å². The van der Waals surface area contributed by atoms with Crippen LogP contribution in [0.5, 0.6) is 0 Å². The summed E-state index contributed by atoms with van der Waals surface area (Å²) in [5, 5.41) is 14.3. The van der Waals surface area contributed by atoms with Crippen LogP contribution in [0.15, 0.2) is 71.9 Å². The number of hydrogen-bond acceptors (Lipinski definition) is 8. The number of ether oxygens (including phenoxy) is 1. The Labute approximate surface area is 252 Å². The Bertz CT molecular complexity index is 1540. The van der Waals surface area contributed by atoms with Gasteiger partial charge >= 0.3 is 35.7 Å². The fourth-order valence-electron chi connectivity index (χ4n) is 3.88. The number of carboxylic acid groups (broad SMARTS) is 1. The van der Waals surface area contributed by atoms with E-state index in [0.717, 1.165) is 17.0 Å². The number of carbonyl (C=O) groups excluding carboxylic acids is 3. The first-order valence-electron chi connectivity index (χ1n) is 11.9. The van der Waals surface area contributed by atoms with E-state index < -0.39 is 18.0 Å². The first kappa shape index (κ1) is 30.3. The van der Waals surface area contributed by atoms with Crippen LogP contribution in [0.1, 0.15) is 28.2 Å². The number of rotatable bonds is 9. The Morgan fingerprint density at radius 2 is 1.82 bits per heavy atom. The number of anilines is 2. The number of amides is 2. The van der Waals surface area contributed by atoms with E-state index in [0.29, 0.717) is 29.0 Å². The van der Waals surface area contributed by atoms with E-state index in [1.807, 2.05) is 11.6 Å². The number of aryl methyl sites for hydroxylation is 1. The molecule has 3 N–H and O–H groups in total. The number of imidazole rings is 1. The van der Waals surface area contributed by atoms with Gasteiger partial charge < -0.3 is 30.3 Å². The first-order chi connectivity index (χ1) is 18.8. The van der Waals surface area contributed by atoms with Crippen LogP contribution in [0.4, 0.5) is 16.3 Å². The van der Waals surface area contributed by atoms with E-state index in [-0.39, 0.29) is 48.4 Å². The van der Waals surface area contributed by atoms with Crippen molar-refractivity contribution >= 4 is 46.3 Å². The van der Waals surface area contributed by atoms with Gasteiger partial charge in [0.05, 0.1) is 24.7 Å². The van der Waals surface area contributed by atoms with Crippen molar-refractivity contribution in [1.82, 2.24) is 14.5 Å². The average Bonchev–Trinajstić information content (AvgIpc) is 3.26. The topological polar surface area (TPSA) is 168 Å². The number of nitrogens with zero attached hydrogens (tertiary/aromatic N) is 5. The molecule has 0 bridgehead atoms. The zero-order valence-electron chi connectivity index (χ0n) is 22.3. The molecule has 0 aliphatic heterocycles. The van der Waals surface area contributed by atoms with E-state index in [1.165, 1.54) is 18.2 Å². The molecule has 0 radical (unpaired) electrons. The van der Waals surface area contributed by atoms with Crippen LogP contribution < -0.4 is 50.6 Å². The second-order valence-corrected chi connectivity index (χ2v) is 8.46. The quantitative estimate of drug-likeness (QED) is 0.148. The van der Waals surface area contributed by atoms with Crippen LogP contribution in [0.25, 0.3) is 11.0 Å². The molecule has 0 aliphatic rings. The second-order valence-electron chi connectivity index (χ2n) is 8.46. The molecular weight excluding hydrogens is 525 g/mol. The molecule has 2 aromatic carbocycles. The SMILES string of the molecule is COC(=O)/N=C(\N)c1ccc(NCc2nc3cc(C(=O)N(CCC(=O)[O-])c4ccccn4)ccc3n2C)cc1.[Na+]. The summed E-state index contributed by atoms with van der Waals surface area (Å²) in [5.41, 5.74) is 8.98. The fraction of sp³-hybridized carbons (Fsp3) is 0.185. The maximum absolute atomic E-state index is 13.3. The third kappa shape index (κ3) is 7.23. The number of pyridine rings is 1. The van der Waals surface area contributed by atoms with Crippen LogP contribution in [0.2, 0.25) is 0 Å². The van der Waals surface area contributed by atoms with Crippen molar-refractivity contribution in [1.29, 1.82) is 0 Å². The molecule has 0 unspecified atom stereocenters. The first-order valence-corrected chi connectivity index (χ1v) is 11.9. The van der Waals surface area contributed by atoms with Crippen molar-refractivity contribution in [2.45, 2.75) is 13.0 Å². The van der Waals surface area contributed by atoms with Gasteiger partial charge in [-0.25, -0.2) is 14.8 Å². The molecule has 13 heteroatoms. The second kappa shape index (κ2) is 13.7. The van der Waals surface area contributed by atoms with Crippen molar-refractivity contribution in [3.8, 4) is 0 Å². The Balaban J connectivity index is 0.00000441. The monoisotopic (exact) mass is 551 g/mol. The zero-order chi connectivity index (χ0) is 27.9.